The summed E-state index contributed by atoms with van der Waals surface area (Å²) in [7, 11) is 0. The quantitative estimate of drug-likeness (QED) is 0.347. The van der Waals surface area contributed by atoms with Crippen LogP contribution < -0.4 is 5.43 Å². The first-order valence-electron chi connectivity index (χ1n) is 7.02. The molecule has 1 amide bonds. The van der Waals surface area contributed by atoms with Crippen LogP contribution in [0.2, 0.25) is 0 Å². The Morgan fingerprint density at radius 1 is 1.29 bits per heavy atom. The molecule has 8 heteroatoms. The minimum atomic E-state index is -0.487. The Kier molecular flexibility index (Phi) is 6.47. The first-order chi connectivity index (χ1) is 11.6. The maximum absolute atomic E-state index is 11.8. The van der Waals surface area contributed by atoms with Crippen molar-refractivity contribution in [2.24, 2.45) is 5.10 Å². The van der Waals surface area contributed by atoms with Crippen LogP contribution in [0.15, 0.2) is 58.5 Å². The van der Waals surface area contributed by atoms with Gasteiger partial charge in [-0.3, -0.25) is 14.9 Å². The SMILES string of the molecule is O=C(N/N=C/c1ccc(SCCO)c([N+](=O)[O-])c1)c1ccccc1. The predicted octanol–water partition coefficient (Wildman–Crippen LogP) is 2.44. The predicted molar refractivity (Wildman–Crippen MR) is 92.4 cm³/mol. The molecule has 0 spiro atoms. The summed E-state index contributed by atoms with van der Waals surface area (Å²) in [5.41, 5.74) is 3.26. The van der Waals surface area contributed by atoms with E-state index in [9.17, 15) is 14.9 Å². The Labute approximate surface area is 142 Å². The third kappa shape index (κ3) is 4.90. The lowest BCUT2D eigenvalue weighted by Crippen LogP contribution is -2.17. The molecule has 24 heavy (non-hydrogen) atoms. The van der Waals surface area contributed by atoms with Crippen LogP contribution >= 0.6 is 11.8 Å². The Morgan fingerprint density at radius 3 is 2.71 bits per heavy atom. The summed E-state index contributed by atoms with van der Waals surface area (Å²) in [6.07, 6.45) is 1.34. The van der Waals surface area contributed by atoms with Crippen molar-refractivity contribution >= 4 is 29.6 Å². The molecule has 0 unspecified atom stereocenters. The Bertz CT molecular complexity index is 750. The van der Waals surface area contributed by atoms with E-state index in [2.05, 4.69) is 10.5 Å². The number of carbonyl (C=O) groups is 1. The van der Waals surface area contributed by atoms with Crippen LogP contribution in [0, 0.1) is 10.1 Å². The highest BCUT2D eigenvalue weighted by atomic mass is 32.2. The summed E-state index contributed by atoms with van der Waals surface area (Å²) in [6.45, 7) is -0.0590. The molecule has 0 heterocycles. The van der Waals surface area contributed by atoms with Crippen molar-refractivity contribution in [2.75, 3.05) is 12.4 Å². The number of thioether (sulfide) groups is 1. The fraction of sp³-hybridized carbons (Fsp3) is 0.125. The number of hydrogen-bond donors (Lipinski definition) is 2. The molecule has 7 nitrogen and oxygen atoms in total. The topological polar surface area (TPSA) is 105 Å². The molecule has 0 saturated heterocycles. The summed E-state index contributed by atoms with van der Waals surface area (Å²) in [5.74, 6) is 0.0120. The second-order valence-corrected chi connectivity index (χ2v) is 5.76. The smallest absolute Gasteiger partial charge is 0.283 e. The van der Waals surface area contributed by atoms with Gasteiger partial charge in [-0.15, -0.1) is 11.8 Å². The van der Waals surface area contributed by atoms with Crippen LogP contribution in [0.5, 0.6) is 0 Å². The van der Waals surface area contributed by atoms with Gasteiger partial charge >= 0.3 is 0 Å². The number of rotatable bonds is 7. The van der Waals surface area contributed by atoms with Gasteiger partial charge in [0, 0.05) is 22.9 Å². The number of aliphatic hydroxyl groups excluding tert-OH is 1. The molecule has 2 rings (SSSR count). The van der Waals surface area contributed by atoms with Crippen molar-refractivity contribution in [3.05, 3.63) is 69.8 Å². The molecule has 2 aromatic rings. The van der Waals surface area contributed by atoms with E-state index in [0.717, 1.165) is 0 Å². The molecule has 0 bridgehead atoms. The van der Waals surface area contributed by atoms with Crippen molar-refractivity contribution < 1.29 is 14.8 Å². The lowest BCUT2D eigenvalue weighted by Gasteiger charge is -2.03. The van der Waals surface area contributed by atoms with Crippen molar-refractivity contribution in [1.82, 2.24) is 5.43 Å². The summed E-state index contributed by atoms with van der Waals surface area (Å²) in [6, 6.07) is 13.2. The summed E-state index contributed by atoms with van der Waals surface area (Å²) in [4.78, 5) is 22.9. The maximum atomic E-state index is 11.8. The first-order valence-corrected chi connectivity index (χ1v) is 8.01. The second kappa shape index (κ2) is 8.80. The fourth-order valence-corrected chi connectivity index (χ4v) is 2.61. The highest BCUT2D eigenvalue weighted by Crippen LogP contribution is 2.29. The van der Waals surface area contributed by atoms with Crippen LogP contribution in [-0.2, 0) is 0 Å². The summed E-state index contributed by atoms with van der Waals surface area (Å²) >= 11 is 1.20. The number of hydrogen-bond acceptors (Lipinski definition) is 6. The minimum Gasteiger partial charge on any atom is -0.396 e. The average Bonchev–Trinajstić information content (AvgIpc) is 2.61. The number of benzene rings is 2. The molecule has 0 aromatic heterocycles. The van der Waals surface area contributed by atoms with E-state index >= 15 is 0 Å². The standard InChI is InChI=1S/C16H15N3O4S/c20-8-9-24-15-7-6-12(10-14(15)19(22)23)11-17-18-16(21)13-4-2-1-3-5-13/h1-7,10-11,20H,8-9H2,(H,18,21)/b17-11+. The Morgan fingerprint density at radius 2 is 2.04 bits per heavy atom. The molecular formula is C16H15N3O4S. The molecule has 2 N–H and O–H groups in total. The van der Waals surface area contributed by atoms with Crippen LogP contribution in [0.25, 0.3) is 0 Å². The van der Waals surface area contributed by atoms with Crippen LogP contribution in [-0.4, -0.2) is 34.5 Å². The van der Waals surface area contributed by atoms with Gasteiger partial charge in [-0.05, 0) is 18.2 Å². The number of nitro groups is 1. The van der Waals surface area contributed by atoms with Gasteiger partial charge in [0.2, 0.25) is 0 Å². The molecular weight excluding hydrogens is 330 g/mol. The van der Waals surface area contributed by atoms with E-state index < -0.39 is 4.92 Å². The van der Waals surface area contributed by atoms with Gasteiger partial charge in [0.05, 0.1) is 22.6 Å². The van der Waals surface area contributed by atoms with Crippen LogP contribution in [0.3, 0.4) is 0 Å². The second-order valence-electron chi connectivity index (χ2n) is 4.62. The lowest BCUT2D eigenvalue weighted by molar-refractivity contribution is -0.387. The van der Waals surface area contributed by atoms with E-state index in [4.69, 9.17) is 5.11 Å². The first kappa shape index (κ1) is 17.6. The van der Waals surface area contributed by atoms with E-state index in [1.807, 2.05) is 0 Å². The largest absolute Gasteiger partial charge is 0.396 e. The zero-order valence-electron chi connectivity index (χ0n) is 12.6. The van der Waals surface area contributed by atoms with Crippen molar-refractivity contribution in [2.45, 2.75) is 4.90 Å². The number of carbonyl (C=O) groups excluding carboxylic acids is 1. The van der Waals surface area contributed by atoms with E-state index in [-0.39, 0.29) is 18.2 Å². The highest BCUT2D eigenvalue weighted by Gasteiger charge is 2.14. The molecule has 0 aliphatic heterocycles. The van der Waals surface area contributed by atoms with Gasteiger partial charge in [-0.1, -0.05) is 24.3 Å². The molecule has 0 aliphatic rings. The Balaban J connectivity index is 2.07. The maximum Gasteiger partial charge on any atom is 0.283 e. The van der Waals surface area contributed by atoms with Gasteiger partial charge in [-0.25, -0.2) is 5.43 Å². The van der Waals surface area contributed by atoms with Crippen molar-refractivity contribution in [3.8, 4) is 0 Å². The van der Waals surface area contributed by atoms with Crippen molar-refractivity contribution in [3.63, 3.8) is 0 Å². The molecule has 0 radical (unpaired) electrons. The van der Waals surface area contributed by atoms with E-state index in [1.165, 1.54) is 24.0 Å². The lowest BCUT2D eigenvalue weighted by atomic mass is 10.2. The fourth-order valence-electron chi connectivity index (χ4n) is 1.85. The molecule has 0 saturated carbocycles. The zero-order valence-corrected chi connectivity index (χ0v) is 13.4. The number of amides is 1. The molecule has 0 aliphatic carbocycles. The van der Waals surface area contributed by atoms with Gasteiger partial charge in [0.15, 0.2) is 0 Å². The van der Waals surface area contributed by atoms with Gasteiger partial charge < -0.3 is 5.11 Å². The Hall–Kier alpha value is -2.71. The van der Waals surface area contributed by atoms with E-state index in [0.29, 0.717) is 21.8 Å². The molecule has 124 valence electrons. The summed E-state index contributed by atoms with van der Waals surface area (Å²) in [5, 5.41) is 23.8. The number of nitrogens with zero attached hydrogens (tertiary/aromatic N) is 2. The normalized spacial score (nSPS) is 10.7. The van der Waals surface area contributed by atoms with Gasteiger partial charge in [-0.2, -0.15) is 5.10 Å². The summed E-state index contributed by atoms with van der Waals surface area (Å²) < 4.78 is 0. The third-order valence-electron chi connectivity index (χ3n) is 2.94. The van der Waals surface area contributed by atoms with Gasteiger partial charge in [0.25, 0.3) is 11.6 Å². The molecule has 0 fully saturated rings. The van der Waals surface area contributed by atoms with Crippen LogP contribution in [0.4, 0.5) is 5.69 Å². The number of nitrogens with one attached hydrogen (secondary N) is 1. The monoisotopic (exact) mass is 345 g/mol. The molecule has 0 atom stereocenters. The third-order valence-corrected chi connectivity index (χ3v) is 3.99. The number of nitro benzene ring substituents is 1. The van der Waals surface area contributed by atoms with Gasteiger partial charge in [0.1, 0.15) is 0 Å². The minimum absolute atomic E-state index is 0.0590. The molecule has 2 aromatic carbocycles. The van der Waals surface area contributed by atoms with Crippen molar-refractivity contribution in [1.29, 1.82) is 0 Å². The van der Waals surface area contributed by atoms with E-state index in [1.54, 1.807) is 42.5 Å². The highest BCUT2D eigenvalue weighted by molar-refractivity contribution is 7.99. The van der Waals surface area contributed by atoms with Crippen LogP contribution in [0.1, 0.15) is 15.9 Å². The zero-order chi connectivity index (χ0) is 17.4. The average molecular weight is 345 g/mol. The number of aliphatic hydroxyl groups is 1. The number of hydrazone groups is 1.